The lowest BCUT2D eigenvalue weighted by Gasteiger charge is -2.36. The number of rotatable bonds is 2. The van der Waals surface area contributed by atoms with Crippen molar-refractivity contribution in [2.75, 3.05) is 25.0 Å². The molecular weight excluding hydrogens is 324 g/mol. The predicted octanol–water partition coefficient (Wildman–Crippen LogP) is 3.68. The topological polar surface area (TPSA) is 50.8 Å². The van der Waals surface area contributed by atoms with Crippen molar-refractivity contribution in [2.24, 2.45) is 0 Å². The summed E-state index contributed by atoms with van der Waals surface area (Å²) in [6.45, 7) is 3.89. The van der Waals surface area contributed by atoms with Crippen molar-refractivity contribution in [3.8, 4) is 5.75 Å². The summed E-state index contributed by atoms with van der Waals surface area (Å²) in [5.41, 5.74) is 3.11. The molecule has 2 aromatic rings. The molecule has 2 aliphatic rings. The van der Waals surface area contributed by atoms with Crippen LogP contribution in [0.3, 0.4) is 0 Å². The van der Waals surface area contributed by atoms with E-state index in [4.69, 9.17) is 9.47 Å². The van der Waals surface area contributed by atoms with E-state index in [0.29, 0.717) is 13.1 Å². The fraction of sp³-hybridized carbons (Fsp3) is 0.389. The van der Waals surface area contributed by atoms with Crippen molar-refractivity contribution in [3.05, 3.63) is 46.2 Å². The number of morpholine rings is 1. The minimum Gasteiger partial charge on any atom is -0.493 e. The Hall–Kier alpha value is -2.05. The van der Waals surface area contributed by atoms with E-state index in [1.54, 1.807) is 11.3 Å². The summed E-state index contributed by atoms with van der Waals surface area (Å²) in [5.74, 6) is 0.922. The second-order valence-electron chi connectivity index (χ2n) is 6.25. The molecule has 5 nitrogen and oxygen atoms in total. The molecule has 1 aromatic heterocycles. The van der Waals surface area contributed by atoms with Crippen LogP contribution in [0.4, 0.5) is 10.5 Å². The maximum Gasteiger partial charge on any atom is 0.322 e. The average Bonchev–Trinajstić information content (AvgIpc) is 3.25. The SMILES string of the molecule is C[C@H]1CN(C(=O)Nc2ccc3c(c2)CCO3)C[C@@H](c2ccsc2)O1. The van der Waals surface area contributed by atoms with Gasteiger partial charge in [0.05, 0.1) is 19.3 Å². The lowest BCUT2D eigenvalue weighted by molar-refractivity contribution is -0.0640. The fourth-order valence-corrected chi connectivity index (χ4v) is 3.93. The minimum absolute atomic E-state index is 0.0165. The minimum atomic E-state index is -0.0794. The van der Waals surface area contributed by atoms with Crippen molar-refractivity contribution in [1.29, 1.82) is 0 Å². The predicted molar refractivity (Wildman–Crippen MR) is 93.8 cm³/mol. The van der Waals surface area contributed by atoms with Crippen LogP contribution in [-0.2, 0) is 11.2 Å². The van der Waals surface area contributed by atoms with Crippen LogP contribution in [0.15, 0.2) is 35.0 Å². The van der Waals surface area contributed by atoms with Gasteiger partial charge in [-0.1, -0.05) is 0 Å². The first-order valence-corrected chi connectivity index (χ1v) is 9.12. The number of carbonyl (C=O) groups is 1. The van der Waals surface area contributed by atoms with Gasteiger partial charge in [-0.3, -0.25) is 0 Å². The quantitative estimate of drug-likeness (QED) is 0.904. The van der Waals surface area contributed by atoms with Gasteiger partial charge in [0.2, 0.25) is 0 Å². The van der Waals surface area contributed by atoms with E-state index in [-0.39, 0.29) is 18.2 Å². The number of nitrogens with zero attached hydrogens (tertiary/aromatic N) is 1. The Morgan fingerprint density at radius 3 is 3.08 bits per heavy atom. The molecule has 4 rings (SSSR count). The zero-order valence-electron chi connectivity index (χ0n) is 13.5. The zero-order chi connectivity index (χ0) is 16.5. The molecule has 0 bridgehead atoms. The number of carbonyl (C=O) groups excluding carboxylic acids is 1. The van der Waals surface area contributed by atoms with Gasteiger partial charge in [-0.2, -0.15) is 11.3 Å². The van der Waals surface area contributed by atoms with Crippen LogP contribution in [0, 0.1) is 0 Å². The highest BCUT2D eigenvalue weighted by Gasteiger charge is 2.29. The van der Waals surface area contributed by atoms with Crippen LogP contribution < -0.4 is 10.1 Å². The van der Waals surface area contributed by atoms with Gasteiger partial charge in [-0.25, -0.2) is 4.79 Å². The van der Waals surface area contributed by atoms with Crippen LogP contribution in [0.25, 0.3) is 0 Å². The van der Waals surface area contributed by atoms with Crippen molar-refractivity contribution >= 4 is 23.1 Å². The van der Waals surface area contributed by atoms with E-state index >= 15 is 0 Å². The smallest absolute Gasteiger partial charge is 0.322 e. The van der Waals surface area contributed by atoms with Gasteiger partial charge in [0, 0.05) is 18.7 Å². The van der Waals surface area contributed by atoms with E-state index in [1.165, 1.54) is 0 Å². The molecule has 2 atom stereocenters. The van der Waals surface area contributed by atoms with Crippen molar-refractivity contribution in [2.45, 2.75) is 25.6 Å². The first-order chi connectivity index (χ1) is 11.7. The van der Waals surface area contributed by atoms with E-state index in [1.807, 2.05) is 35.4 Å². The summed E-state index contributed by atoms with van der Waals surface area (Å²) in [6.07, 6.45) is 0.857. The number of ether oxygens (including phenoxy) is 2. The normalized spacial score (nSPS) is 22.8. The molecule has 1 fully saturated rings. The summed E-state index contributed by atoms with van der Waals surface area (Å²) in [7, 11) is 0. The molecule has 0 saturated carbocycles. The summed E-state index contributed by atoms with van der Waals surface area (Å²) in [6, 6.07) is 7.80. The molecule has 1 saturated heterocycles. The molecule has 0 spiro atoms. The summed E-state index contributed by atoms with van der Waals surface area (Å²) in [4.78, 5) is 14.5. The maximum atomic E-state index is 12.7. The molecule has 2 aliphatic heterocycles. The fourth-order valence-electron chi connectivity index (χ4n) is 3.23. The molecule has 126 valence electrons. The number of thiophene rings is 1. The standard InChI is InChI=1S/C18H20N2O3S/c1-12-9-20(10-17(23-12)14-5-7-24-11-14)18(21)19-15-2-3-16-13(8-15)4-6-22-16/h2-3,5,7-8,11-12,17H,4,6,9-10H2,1H3,(H,19,21)/t12-,17-/m0/s1. The number of fused-ring (bicyclic) bond motifs is 1. The van der Waals surface area contributed by atoms with Crippen LogP contribution in [0.1, 0.15) is 24.2 Å². The van der Waals surface area contributed by atoms with Crippen molar-refractivity contribution in [3.63, 3.8) is 0 Å². The third-order valence-corrected chi connectivity index (χ3v) is 5.10. The maximum absolute atomic E-state index is 12.7. The molecule has 0 aliphatic carbocycles. The second kappa shape index (κ2) is 6.45. The first kappa shape index (κ1) is 15.5. The molecule has 24 heavy (non-hydrogen) atoms. The van der Waals surface area contributed by atoms with Gasteiger partial charge in [0.1, 0.15) is 11.9 Å². The van der Waals surface area contributed by atoms with Gasteiger partial charge < -0.3 is 19.7 Å². The van der Waals surface area contributed by atoms with Gasteiger partial charge in [-0.15, -0.1) is 0 Å². The summed E-state index contributed by atoms with van der Waals surface area (Å²) < 4.78 is 11.5. The number of benzene rings is 1. The Labute approximate surface area is 145 Å². The van der Waals surface area contributed by atoms with Crippen LogP contribution in [0.5, 0.6) is 5.75 Å². The van der Waals surface area contributed by atoms with E-state index in [0.717, 1.165) is 35.6 Å². The van der Waals surface area contributed by atoms with Crippen molar-refractivity contribution in [1.82, 2.24) is 4.90 Å². The number of urea groups is 1. The number of amides is 2. The Balaban J connectivity index is 1.45. The van der Waals surface area contributed by atoms with Crippen LogP contribution >= 0.6 is 11.3 Å². The van der Waals surface area contributed by atoms with Gasteiger partial charge in [-0.05, 0) is 53.1 Å². The zero-order valence-corrected chi connectivity index (χ0v) is 14.3. The Morgan fingerprint density at radius 2 is 2.25 bits per heavy atom. The molecule has 6 heteroatoms. The average molecular weight is 344 g/mol. The van der Waals surface area contributed by atoms with E-state index in [2.05, 4.69) is 16.8 Å². The van der Waals surface area contributed by atoms with Gasteiger partial charge >= 0.3 is 6.03 Å². The number of anilines is 1. The second-order valence-corrected chi connectivity index (χ2v) is 7.03. The van der Waals surface area contributed by atoms with E-state index in [9.17, 15) is 4.79 Å². The highest BCUT2D eigenvalue weighted by Crippen LogP contribution is 2.29. The molecule has 2 amide bonds. The third kappa shape index (κ3) is 3.12. The molecule has 0 radical (unpaired) electrons. The first-order valence-electron chi connectivity index (χ1n) is 8.18. The largest absolute Gasteiger partial charge is 0.493 e. The van der Waals surface area contributed by atoms with Crippen LogP contribution in [-0.4, -0.2) is 36.7 Å². The third-order valence-electron chi connectivity index (χ3n) is 4.40. The highest BCUT2D eigenvalue weighted by molar-refractivity contribution is 7.07. The lowest BCUT2D eigenvalue weighted by atomic mass is 10.1. The van der Waals surface area contributed by atoms with Gasteiger partial charge in [0.15, 0.2) is 0 Å². The Bertz CT molecular complexity index is 732. The van der Waals surface area contributed by atoms with E-state index < -0.39 is 0 Å². The molecule has 1 aromatic carbocycles. The van der Waals surface area contributed by atoms with Gasteiger partial charge in [0.25, 0.3) is 0 Å². The monoisotopic (exact) mass is 344 g/mol. The Morgan fingerprint density at radius 1 is 1.33 bits per heavy atom. The molecular formula is C18H20N2O3S. The molecule has 3 heterocycles. The number of hydrogen-bond donors (Lipinski definition) is 1. The summed E-state index contributed by atoms with van der Waals surface area (Å²) in [5, 5.41) is 7.13. The number of nitrogens with one attached hydrogen (secondary N) is 1. The molecule has 0 unspecified atom stereocenters. The Kier molecular flexibility index (Phi) is 4.16. The molecule has 1 N–H and O–H groups in total. The summed E-state index contributed by atoms with van der Waals surface area (Å²) >= 11 is 1.65. The lowest BCUT2D eigenvalue weighted by Crippen LogP contribution is -2.47. The highest BCUT2D eigenvalue weighted by atomic mass is 32.1. The van der Waals surface area contributed by atoms with Crippen molar-refractivity contribution < 1.29 is 14.3 Å². The number of hydrogen-bond acceptors (Lipinski definition) is 4. The van der Waals surface area contributed by atoms with Crippen LogP contribution in [0.2, 0.25) is 0 Å².